The minimum absolute atomic E-state index is 0.374. The summed E-state index contributed by atoms with van der Waals surface area (Å²) in [7, 11) is 0. The van der Waals surface area contributed by atoms with Gasteiger partial charge in [-0.25, -0.2) is 0 Å². The molecule has 1 heteroatoms. The van der Waals surface area contributed by atoms with Crippen LogP contribution in [0.5, 0.6) is 0 Å². The Morgan fingerprint density at radius 3 is 2.26 bits per heavy atom. The Bertz CT molecular complexity index is 336. The SMILES string of the molecule is CCCCC(NCC(C)C(C)(C)C)c1ccccc1. The first kappa shape index (κ1) is 16.2. The van der Waals surface area contributed by atoms with Gasteiger partial charge in [-0.15, -0.1) is 0 Å². The Balaban J connectivity index is 2.61. The van der Waals surface area contributed by atoms with Crippen molar-refractivity contribution in [2.45, 2.75) is 59.9 Å². The highest BCUT2D eigenvalue weighted by Crippen LogP contribution is 2.26. The number of unbranched alkanes of at least 4 members (excludes halogenated alkanes) is 1. The van der Waals surface area contributed by atoms with Crippen molar-refractivity contribution in [1.82, 2.24) is 5.32 Å². The molecule has 0 aliphatic heterocycles. The molecule has 1 nitrogen and oxygen atoms in total. The quantitative estimate of drug-likeness (QED) is 0.712. The highest BCUT2D eigenvalue weighted by molar-refractivity contribution is 5.18. The van der Waals surface area contributed by atoms with Crippen LogP contribution >= 0.6 is 0 Å². The molecule has 0 spiro atoms. The van der Waals surface area contributed by atoms with Crippen LogP contribution in [0.25, 0.3) is 0 Å². The van der Waals surface area contributed by atoms with Gasteiger partial charge in [0.05, 0.1) is 0 Å². The number of hydrogen-bond donors (Lipinski definition) is 1. The van der Waals surface area contributed by atoms with Gasteiger partial charge in [0.1, 0.15) is 0 Å². The largest absolute Gasteiger partial charge is 0.310 e. The fraction of sp³-hybridized carbons (Fsp3) is 0.667. The van der Waals surface area contributed by atoms with Crippen molar-refractivity contribution in [3.05, 3.63) is 35.9 Å². The summed E-state index contributed by atoms with van der Waals surface area (Å²) in [6.45, 7) is 12.7. The highest BCUT2D eigenvalue weighted by atomic mass is 14.9. The third-order valence-corrected chi connectivity index (χ3v) is 4.20. The first-order valence-electron chi connectivity index (χ1n) is 7.73. The van der Waals surface area contributed by atoms with Crippen molar-refractivity contribution in [2.75, 3.05) is 6.54 Å². The molecule has 2 unspecified atom stereocenters. The average Bonchev–Trinajstić information content (AvgIpc) is 2.38. The lowest BCUT2D eigenvalue weighted by atomic mass is 9.82. The van der Waals surface area contributed by atoms with Crippen LogP contribution in [0, 0.1) is 11.3 Å². The molecule has 0 aliphatic carbocycles. The fourth-order valence-corrected chi connectivity index (χ4v) is 2.11. The molecule has 1 rings (SSSR count). The molecule has 19 heavy (non-hydrogen) atoms. The predicted molar refractivity (Wildman–Crippen MR) is 85.3 cm³/mol. The molecule has 2 atom stereocenters. The molecule has 1 aromatic carbocycles. The highest BCUT2D eigenvalue weighted by Gasteiger charge is 2.21. The van der Waals surface area contributed by atoms with E-state index >= 15 is 0 Å². The van der Waals surface area contributed by atoms with E-state index in [9.17, 15) is 0 Å². The van der Waals surface area contributed by atoms with Gasteiger partial charge in [0.25, 0.3) is 0 Å². The minimum Gasteiger partial charge on any atom is -0.310 e. The fourth-order valence-electron chi connectivity index (χ4n) is 2.11. The Hall–Kier alpha value is -0.820. The summed E-state index contributed by atoms with van der Waals surface area (Å²) in [4.78, 5) is 0. The molecule has 1 N–H and O–H groups in total. The number of benzene rings is 1. The minimum atomic E-state index is 0.374. The maximum Gasteiger partial charge on any atom is 0.0320 e. The lowest BCUT2D eigenvalue weighted by molar-refractivity contribution is 0.243. The maximum atomic E-state index is 3.78. The van der Waals surface area contributed by atoms with Gasteiger partial charge in [-0.05, 0) is 29.9 Å². The normalized spacial score (nSPS) is 15.2. The summed E-state index contributed by atoms with van der Waals surface area (Å²) < 4.78 is 0. The molecule has 0 saturated heterocycles. The second kappa shape index (κ2) is 7.69. The van der Waals surface area contributed by atoms with E-state index in [2.05, 4.69) is 70.3 Å². The topological polar surface area (TPSA) is 12.0 Å². The van der Waals surface area contributed by atoms with Crippen molar-refractivity contribution >= 4 is 0 Å². The third-order valence-electron chi connectivity index (χ3n) is 4.20. The molecule has 0 fully saturated rings. The van der Waals surface area contributed by atoms with E-state index in [0.717, 1.165) is 6.54 Å². The van der Waals surface area contributed by atoms with Crippen molar-refractivity contribution < 1.29 is 0 Å². The van der Waals surface area contributed by atoms with Crippen LogP contribution in [-0.4, -0.2) is 6.54 Å². The zero-order valence-electron chi connectivity index (χ0n) is 13.4. The van der Waals surface area contributed by atoms with Crippen molar-refractivity contribution in [1.29, 1.82) is 0 Å². The molecule has 0 radical (unpaired) electrons. The molecule has 108 valence electrons. The first-order chi connectivity index (χ1) is 8.95. The molecule has 0 aliphatic rings. The summed E-state index contributed by atoms with van der Waals surface area (Å²) in [6.07, 6.45) is 3.79. The summed E-state index contributed by atoms with van der Waals surface area (Å²) in [5.74, 6) is 0.681. The number of hydrogen-bond acceptors (Lipinski definition) is 1. The second-order valence-electron chi connectivity index (χ2n) is 6.78. The molecular weight excluding hydrogens is 230 g/mol. The lowest BCUT2D eigenvalue weighted by Gasteiger charge is -2.30. The van der Waals surface area contributed by atoms with Crippen LogP contribution in [0.1, 0.15) is 65.5 Å². The molecule has 0 saturated carbocycles. The van der Waals surface area contributed by atoms with Crippen molar-refractivity contribution in [2.24, 2.45) is 11.3 Å². The first-order valence-corrected chi connectivity index (χ1v) is 7.73. The van der Waals surface area contributed by atoms with E-state index in [0.29, 0.717) is 17.4 Å². The lowest BCUT2D eigenvalue weighted by Crippen LogP contribution is -2.32. The predicted octanol–water partition coefficient (Wildman–Crippen LogP) is 5.19. The van der Waals surface area contributed by atoms with Gasteiger partial charge in [0.15, 0.2) is 0 Å². The molecular formula is C18H31N. The van der Waals surface area contributed by atoms with Gasteiger partial charge in [-0.1, -0.05) is 77.8 Å². The van der Waals surface area contributed by atoms with Crippen LogP contribution in [0.4, 0.5) is 0 Å². The smallest absolute Gasteiger partial charge is 0.0320 e. The van der Waals surface area contributed by atoms with E-state index in [4.69, 9.17) is 0 Å². The second-order valence-corrected chi connectivity index (χ2v) is 6.78. The van der Waals surface area contributed by atoms with Gasteiger partial charge in [0.2, 0.25) is 0 Å². The summed E-state index contributed by atoms with van der Waals surface area (Å²) in [6, 6.07) is 11.4. The Labute approximate surface area is 119 Å². The number of rotatable bonds is 7. The summed E-state index contributed by atoms with van der Waals surface area (Å²) in [5.41, 5.74) is 1.80. The molecule has 0 amide bonds. The average molecular weight is 261 g/mol. The van der Waals surface area contributed by atoms with Gasteiger partial charge in [-0.2, -0.15) is 0 Å². The molecule has 0 heterocycles. The van der Waals surface area contributed by atoms with Crippen LogP contribution in [0.2, 0.25) is 0 Å². The standard InChI is InChI=1S/C18H31N/c1-6-7-13-17(16-11-9-8-10-12-16)19-14-15(2)18(3,4)5/h8-12,15,17,19H,6-7,13-14H2,1-5H3. The monoisotopic (exact) mass is 261 g/mol. The number of nitrogens with one attached hydrogen (secondary N) is 1. The zero-order valence-corrected chi connectivity index (χ0v) is 13.4. The summed E-state index contributed by atoms with van der Waals surface area (Å²) >= 11 is 0. The van der Waals surface area contributed by atoms with Gasteiger partial charge < -0.3 is 5.32 Å². The Morgan fingerprint density at radius 1 is 1.11 bits per heavy atom. The van der Waals surface area contributed by atoms with Crippen molar-refractivity contribution in [3.8, 4) is 0 Å². The molecule has 0 bridgehead atoms. The van der Waals surface area contributed by atoms with Gasteiger partial charge in [0, 0.05) is 6.04 Å². The van der Waals surface area contributed by atoms with Gasteiger partial charge >= 0.3 is 0 Å². The molecule has 0 aromatic heterocycles. The van der Waals surface area contributed by atoms with Crippen molar-refractivity contribution in [3.63, 3.8) is 0 Å². The van der Waals surface area contributed by atoms with Crippen LogP contribution < -0.4 is 5.32 Å². The van der Waals surface area contributed by atoms with Crippen LogP contribution in [0.3, 0.4) is 0 Å². The van der Waals surface area contributed by atoms with E-state index < -0.39 is 0 Å². The van der Waals surface area contributed by atoms with Crippen LogP contribution in [-0.2, 0) is 0 Å². The van der Waals surface area contributed by atoms with E-state index in [1.807, 2.05) is 0 Å². The summed E-state index contributed by atoms with van der Waals surface area (Å²) in [5, 5.41) is 3.78. The van der Waals surface area contributed by atoms with E-state index in [1.165, 1.54) is 24.8 Å². The van der Waals surface area contributed by atoms with Crippen LogP contribution in [0.15, 0.2) is 30.3 Å². The Morgan fingerprint density at radius 2 is 1.74 bits per heavy atom. The molecule has 1 aromatic rings. The Kier molecular flexibility index (Phi) is 6.57. The zero-order chi connectivity index (χ0) is 14.3. The van der Waals surface area contributed by atoms with E-state index in [1.54, 1.807) is 0 Å². The van der Waals surface area contributed by atoms with Gasteiger partial charge in [-0.3, -0.25) is 0 Å². The maximum absolute atomic E-state index is 3.78. The third kappa shape index (κ3) is 5.78. The van der Waals surface area contributed by atoms with E-state index in [-0.39, 0.29) is 0 Å².